The van der Waals surface area contributed by atoms with Gasteiger partial charge in [-0.15, -0.1) is 17.0 Å². The van der Waals surface area contributed by atoms with Gasteiger partial charge in [0.05, 0.1) is 19.1 Å². The van der Waals surface area contributed by atoms with Crippen molar-refractivity contribution in [1.82, 2.24) is 0 Å². The number of carbonyl (C=O) groups is 1. The molecule has 0 aliphatic carbocycles. The molecule has 1 aliphatic heterocycles. The highest BCUT2D eigenvalue weighted by atomic mass is 79.9. The Morgan fingerprint density at radius 3 is 1.89 bits per heavy atom. The Morgan fingerprint density at radius 2 is 1.43 bits per heavy atom. The summed E-state index contributed by atoms with van der Waals surface area (Å²) in [7, 11) is 2.22. The molecule has 0 atom stereocenters. The monoisotopic (exact) mass is 448 g/mol. The fourth-order valence-electron chi connectivity index (χ4n) is 3.70. The quantitative estimate of drug-likeness (QED) is 0.443. The first-order valence-electron chi connectivity index (χ1n) is 9.72. The van der Waals surface area contributed by atoms with E-state index in [1.54, 1.807) is 0 Å². The maximum atomic E-state index is 13.1. The summed E-state index contributed by atoms with van der Waals surface area (Å²) < 4.78 is 12.6. The van der Waals surface area contributed by atoms with Gasteiger partial charge in [-0.1, -0.05) is 36.4 Å². The third-order valence-electron chi connectivity index (χ3n) is 6.09. The van der Waals surface area contributed by atoms with Gasteiger partial charge in [-0.05, 0) is 39.8 Å². The Balaban J connectivity index is 0.00000280. The number of hydrogen-bond acceptors (Lipinski definition) is 3. The Bertz CT molecular complexity index is 765. The van der Waals surface area contributed by atoms with E-state index in [1.165, 1.54) is 0 Å². The summed E-state index contributed by atoms with van der Waals surface area (Å²) in [6.45, 7) is 10.1. The molecule has 1 aliphatic rings. The van der Waals surface area contributed by atoms with Crippen LogP contribution in [0.1, 0.15) is 44.7 Å². The summed E-state index contributed by atoms with van der Waals surface area (Å²) in [5, 5.41) is 0. The van der Waals surface area contributed by atoms with E-state index < -0.39 is 5.92 Å². The number of likely N-dealkylation sites (N-methyl/N-ethyl adjacent to an activating group) is 1. The van der Waals surface area contributed by atoms with Crippen LogP contribution in [0.15, 0.2) is 48.5 Å². The van der Waals surface area contributed by atoms with Crippen LogP contribution in [0.2, 0.25) is 0 Å². The molecule has 152 valence electrons. The molecule has 0 saturated heterocycles. The molecule has 0 bridgehead atoms. The van der Waals surface area contributed by atoms with Crippen LogP contribution in [-0.2, 0) is 9.53 Å². The van der Waals surface area contributed by atoms with E-state index >= 15 is 0 Å². The highest BCUT2D eigenvalue weighted by molar-refractivity contribution is 8.93. The predicted octanol–water partition coefficient (Wildman–Crippen LogP) is 5.31. The van der Waals surface area contributed by atoms with Crippen molar-refractivity contribution in [2.45, 2.75) is 45.7 Å². The largest absolute Gasteiger partial charge is 0.459 e. The molecule has 0 spiro atoms. The minimum absolute atomic E-state index is 0. The lowest BCUT2D eigenvalue weighted by Gasteiger charge is -2.42. The third kappa shape index (κ3) is 4.26. The number of quaternary nitrogens is 1. The maximum Gasteiger partial charge on any atom is 0.318 e. The molecular weight excluding hydrogens is 418 g/mol. The van der Waals surface area contributed by atoms with Gasteiger partial charge >= 0.3 is 5.97 Å². The van der Waals surface area contributed by atoms with Crippen molar-refractivity contribution in [3.63, 3.8) is 0 Å². The van der Waals surface area contributed by atoms with E-state index in [2.05, 4.69) is 34.7 Å². The van der Waals surface area contributed by atoms with Crippen molar-refractivity contribution in [2.75, 3.05) is 20.2 Å². The van der Waals surface area contributed by atoms with Crippen molar-refractivity contribution in [3.8, 4) is 11.5 Å². The van der Waals surface area contributed by atoms with Crippen LogP contribution >= 0.6 is 17.0 Å². The summed E-state index contributed by atoms with van der Waals surface area (Å²) in [5.41, 5.74) is 1.73. The van der Waals surface area contributed by atoms with E-state index in [0.717, 1.165) is 33.7 Å². The number of para-hydroxylation sites is 2. The second kappa shape index (κ2) is 9.10. The molecule has 2 aromatic carbocycles. The number of nitrogens with zero attached hydrogens (tertiary/aromatic N) is 1. The molecule has 0 saturated carbocycles. The summed E-state index contributed by atoms with van der Waals surface area (Å²) >= 11 is 0. The van der Waals surface area contributed by atoms with E-state index in [-0.39, 0.29) is 23.0 Å². The van der Waals surface area contributed by atoms with Crippen molar-refractivity contribution < 1.29 is 18.8 Å². The molecule has 0 radical (unpaired) electrons. The normalized spacial score (nSPS) is 13.4. The lowest BCUT2D eigenvalue weighted by atomic mass is 9.88. The number of carbonyl (C=O) groups excluding carboxylic acids is 1. The number of ether oxygens (including phenoxy) is 2. The summed E-state index contributed by atoms with van der Waals surface area (Å²) in [6.07, 6.45) is 0. The van der Waals surface area contributed by atoms with Crippen LogP contribution in [0.5, 0.6) is 11.5 Å². The van der Waals surface area contributed by atoms with Gasteiger partial charge in [-0.2, -0.15) is 0 Å². The van der Waals surface area contributed by atoms with Gasteiger partial charge in [0.25, 0.3) is 0 Å². The van der Waals surface area contributed by atoms with Gasteiger partial charge in [0.1, 0.15) is 30.6 Å². The van der Waals surface area contributed by atoms with Gasteiger partial charge < -0.3 is 14.0 Å². The molecule has 0 aromatic heterocycles. The minimum Gasteiger partial charge on any atom is -0.459 e. The maximum absolute atomic E-state index is 13.1. The molecule has 0 N–H and O–H groups in total. The first-order chi connectivity index (χ1) is 12.8. The Kier molecular flexibility index (Phi) is 7.29. The zero-order chi connectivity index (χ0) is 19.6. The molecule has 1 heterocycles. The van der Waals surface area contributed by atoms with E-state index in [1.807, 2.05) is 48.5 Å². The highest BCUT2D eigenvalue weighted by Crippen LogP contribution is 2.44. The Morgan fingerprint density at radius 1 is 0.964 bits per heavy atom. The molecule has 28 heavy (non-hydrogen) atoms. The number of benzene rings is 2. The second-order valence-corrected chi connectivity index (χ2v) is 8.04. The lowest BCUT2D eigenvalue weighted by molar-refractivity contribution is -0.949. The number of esters is 1. The average Bonchev–Trinajstić information content (AvgIpc) is 2.65. The van der Waals surface area contributed by atoms with Crippen molar-refractivity contribution >= 4 is 23.0 Å². The van der Waals surface area contributed by atoms with Crippen LogP contribution in [-0.4, -0.2) is 42.7 Å². The summed E-state index contributed by atoms with van der Waals surface area (Å²) in [4.78, 5) is 13.1. The van der Waals surface area contributed by atoms with Gasteiger partial charge in [-0.3, -0.25) is 4.79 Å². The van der Waals surface area contributed by atoms with Gasteiger partial charge in [0, 0.05) is 11.1 Å². The molecule has 2 aromatic rings. The lowest BCUT2D eigenvalue weighted by Crippen LogP contribution is -2.56. The molecule has 0 unspecified atom stereocenters. The number of rotatable bonds is 6. The zero-order valence-electron chi connectivity index (χ0n) is 17.3. The van der Waals surface area contributed by atoms with Gasteiger partial charge in [0.15, 0.2) is 0 Å². The van der Waals surface area contributed by atoms with E-state index in [4.69, 9.17) is 9.47 Å². The topological polar surface area (TPSA) is 35.5 Å². The van der Waals surface area contributed by atoms with Gasteiger partial charge in [-0.25, -0.2) is 0 Å². The predicted molar refractivity (Wildman–Crippen MR) is 117 cm³/mol. The Labute approximate surface area is 178 Å². The Hall–Kier alpha value is -1.85. The highest BCUT2D eigenvalue weighted by Gasteiger charge is 2.35. The van der Waals surface area contributed by atoms with Crippen LogP contribution in [0, 0.1) is 0 Å². The van der Waals surface area contributed by atoms with Crippen molar-refractivity contribution in [1.29, 1.82) is 0 Å². The van der Waals surface area contributed by atoms with Crippen LogP contribution in [0.3, 0.4) is 0 Å². The fraction of sp³-hybridized carbons (Fsp3) is 0.435. The molecule has 3 rings (SSSR count). The van der Waals surface area contributed by atoms with Crippen LogP contribution in [0.4, 0.5) is 0 Å². The number of fused-ring (bicyclic) bond motifs is 2. The SMILES string of the molecule is Br.CC(C)[N+](C)(CCOC(=O)C1c2ccccc2Oc2ccccc21)C(C)C. The fourth-order valence-corrected chi connectivity index (χ4v) is 3.70. The summed E-state index contributed by atoms with van der Waals surface area (Å²) in [6, 6.07) is 16.3. The molecule has 4 nitrogen and oxygen atoms in total. The standard InChI is InChI=1S/C23H30NO3.BrH/c1-16(2)24(5,17(3)4)14-15-26-23(25)22-18-10-6-8-12-20(18)27-21-13-9-7-11-19(21)22;/h6-13,16-17,22H,14-15H2,1-5H3;1H/q+1;. The molecule has 5 heteroatoms. The van der Waals surface area contributed by atoms with E-state index in [9.17, 15) is 4.79 Å². The van der Waals surface area contributed by atoms with E-state index in [0.29, 0.717) is 18.7 Å². The minimum atomic E-state index is -0.442. The molecular formula is C23H31BrNO3+. The number of halogens is 1. The number of hydrogen-bond donors (Lipinski definition) is 0. The summed E-state index contributed by atoms with van der Waals surface area (Å²) in [5.74, 6) is 0.798. The smallest absolute Gasteiger partial charge is 0.318 e. The molecule has 0 amide bonds. The molecule has 0 fully saturated rings. The third-order valence-corrected chi connectivity index (χ3v) is 6.09. The van der Waals surface area contributed by atoms with Crippen molar-refractivity contribution in [3.05, 3.63) is 59.7 Å². The van der Waals surface area contributed by atoms with Crippen molar-refractivity contribution in [2.24, 2.45) is 0 Å². The van der Waals surface area contributed by atoms with Gasteiger partial charge in [0.2, 0.25) is 0 Å². The second-order valence-electron chi connectivity index (χ2n) is 8.04. The van der Waals surface area contributed by atoms with Crippen LogP contribution < -0.4 is 4.74 Å². The first kappa shape index (κ1) is 22.4. The zero-order valence-corrected chi connectivity index (χ0v) is 19.1. The average molecular weight is 449 g/mol. The first-order valence-corrected chi connectivity index (χ1v) is 9.72. The van der Waals surface area contributed by atoms with Crippen LogP contribution in [0.25, 0.3) is 0 Å².